The van der Waals surface area contributed by atoms with Crippen molar-refractivity contribution in [3.05, 3.63) is 66.2 Å². The zero-order chi connectivity index (χ0) is 24.7. The molecule has 1 aliphatic carbocycles. The van der Waals surface area contributed by atoms with E-state index in [2.05, 4.69) is 10.6 Å². The van der Waals surface area contributed by atoms with Gasteiger partial charge in [-0.15, -0.1) is 0 Å². The minimum atomic E-state index is -0.385. The van der Waals surface area contributed by atoms with E-state index < -0.39 is 0 Å². The van der Waals surface area contributed by atoms with Gasteiger partial charge in [-0.1, -0.05) is 48.5 Å². The molecule has 36 heavy (non-hydrogen) atoms. The molecule has 7 heteroatoms. The molecule has 6 rings (SSSR count). The minimum Gasteiger partial charge on any atom is -0.352 e. The summed E-state index contributed by atoms with van der Waals surface area (Å²) < 4.78 is 0. The van der Waals surface area contributed by atoms with E-state index in [0.29, 0.717) is 18.4 Å². The van der Waals surface area contributed by atoms with E-state index in [1.165, 1.54) is 0 Å². The number of carbonyl (C=O) groups is 3. The van der Waals surface area contributed by atoms with Crippen LogP contribution in [0.5, 0.6) is 0 Å². The Morgan fingerprint density at radius 1 is 1.00 bits per heavy atom. The highest BCUT2D eigenvalue weighted by Gasteiger charge is 2.47. The minimum absolute atomic E-state index is 0.0462. The van der Waals surface area contributed by atoms with Crippen LogP contribution in [0.25, 0.3) is 22.2 Å². The number of nitrogens with one attached hydrogen (secondary N) is 2. The van der Waals surface area contributed by atoms with Gasteiger partial charge in [-0.25, -0.2) is 4.98 Å². The first-order valence-electron chi connectivity index (χ1n) is 12.8. The lowest BCUT2D eigenvalue weighted by molar-refractivity contribution is -0.127. The molecule has 1 saturated carbocycles. The van der Waals surface area contributed by atoms with Gasteiger partial charge in [0.15, 0.2) is 0 Å². The van der Waals surface area contributed by atoms with Gasteiger partial charge >= 0.3 is 0 Å². The van der Waals surface area contributed by atoms with Crippen LogP contribution in [-0.4, -0.2) is 52.8 Å². The summed E-state index contributed by atoms with van der Waals surface area (Å²) in [5.41, 5.74) is 3.53. The van der Waals surface area contributed by atoms with Gasteiger partial charge in [-0.3, -0.25) is 14.4 Å². The SMILES string of the molecule is O=C1CC[C@@H](C(=O)NC2CC3(CCN(C(=O)c4cc(-c5ccccc5)nc5ccccc45)CC3)C2)N1. The summed E-state index contributed by atoms with van der Waals surface area (Å²) in [6.07, 6.45) is 4.78. The second-order valence-electron chi connectivity index (χ2n) is 10.5. The zero-order valence-electron chi connectivity index (χ0n) is 20.2. The smallest absolute Gasteiger partial charge is 0.254 e. The third-order valence-corrected chi connectivity index (χ3v) is 8.14. The number of hydrogen-bond donors (Lipinski definition) is 2. The Hall–Kier alpha value is -3.74. The van der Waals surface area contributed by atoms with Gasteiger partial charge in [0.2, 0.25) is 11.8 Å². The highest BCUT2D eigenvalue weighted by Crippen LogP contribution is 2.49. The number of carbonyl (C=O) groups excluding carboxylic acids is 3. The van der Waals surface area contributed by atoms with Gasteiger partial charge in [-0.2, -0.15) is 0 Å². The zero-order valence-corrected chi connectivity index (χ0v) is 20.2. The largest absolute Gasteiger partial charge is 0.352 e. The number of piperidine rings is 1. The van der Waals surface area contributed by atoms with Gasteiger partial charge in [0.1, 0.15) is 6.04 Å². The second kappa shape index (κ2) is 9.04. The molecule has 3 amide bonds. The van der Waals surface area contributed by atoms with Crippen LogP contribution >= 0.6 is 0 Å². The number of pyridine rings is 1. The van der Waals surface area contributed by atoms with Crippen LogP contribution in [0.1, 0.15) is 48.9 Å². The van der Waals surface area contributed by atoms with E-state index in [0.717, 1.165) is 60.9 Å². The van der Waals surface area contributed by atoms with Crippen molar-refractivity contribution in [2.45, 2.75) is 50.6 Å². The average molecular weight is 483 g/mol. The molecule has 2 aromatic carbocycles. The summed E-state index contributed by atoms with van der Waals surface area (Å²) in [6, 6.07) is 19.5. The summed E-state index contributed by atoms with van der Waals surface area (Å²) in [7, 11) is 0. The standard InChI is InChI=1S/C29H30N4O3/c34-26-11-10-24(32-26)27(35)30-20-17-29(18-20)12-14-33(15-13-29)28(36)22-16-25(19-6-2-1-3-7-19)31-23-9-5-4-8-21(22)23/h1-9,16,20,24H,10-15,17-18H2,(H,30,35)(H,32,34)/t24-/m0/s1. The third-order valence-electron chi connectivity index (χ3n) is 8.14. The molecule has 2 aliphatic heterocycles. The summed E-state index contributed by atoms with van der Waals surface area (Å²) in [4.78, 5) is 44.3. The molecule has 0 bridgehead atoms. The number of aromatic nitrogens is 1. The van der Waals surface area contributed by atoms with Gasteiger partial charge in [0, 0.05) is 36.5 Å². The van der Waals surface area contributed by atoms with E-state index in [1.807, 2.05) is 65.6 Å². The van der Waals surface area contributed by atoms with Crippen molar-refractivity contribution in [1.29, 1.82) is 0 Å². The summed E-state index contributed by atoms with van der Waals surface area (Å²) in [6.45, 7) is 1.44. The van der Waals surface area contributed by atoms with E-state index in [4.69, 9.17) is 4.98 Å². The van der Waals surface area contributed by atoms with Crippen molar-refractivity contribution in [3.63, 3.8) is 0 Å². The number of benzene rings is 2. The molecule has 184 valence electrons. The van der Waals surface area contributed by atoms with Crippen LogP contribution in [0.3, 0.4) is 0 Å². The quantitative estimate of drug-likeness (QED) is 0.594. The van der Waals surface area contributed by atoms with E-state index in [1.54, 1.807) is 0 Å². The van der Waals surface area contributed by atoms with Crippen LogP contribution in [0.4, 0.5) is 0 Å². The Morgan fingerprint density at radius 2 is 1.72 bits per heavy atom. The van der Waals surface area contributed by atoms with E-state index >= 15 is 0 Å². The fourth-order valence-corrected chi connectivity index (χ4v) is 6.07. The van der Waals surface area contributed by atoms with E-state index in [-0.39, 0.29) is 35.2 Å². The van der Waals surface area contributed by atoms with Crippen LogP contribution in [-0.2, 0) is 9.59 Å². The lowest BCUT2D eigenvalue weighted by Gasteiger charge is -2.52. The molecule has 3 fully saturated rings. The average Bonchev–Trinajstić information content (AvgIpc) is 3.34. The number of amides is 3. The first-order chi connectivity index (χ1) is 17.5. The number of rotatable bonds is 4. The lowest BCUT2D eigenvalue weighted by Crippen LogP contribution is -2.57. The molecule has 1 spiro atoms. The Bertz CT molecular complexity index is 1320. The van der Waals surface area contributed by atoms with Crippen LogP contribution in [0.15, 0.2) is 60.7 Å². The van der Waals surface area contributed by atoms with Gasteiger partial charge in [0.25, 0.3) is 5.91 Å². The fraction of sp³-hybridized carbons (Fsp3) is 0.379. The lowest BCUT2D eigenvalue weighted by atomic mass is 9.60. The molecule has 3 aliphatic rings. The Labute approximate surface area is 210 Å². The highest BCUT2D eigenvalue weighted by atomic mass is 16.2. The maximum Gasteiger partial charge on any atom is 0.254 e. The summed E-state index contributed by atoms with van der Waals surface area (Å²) in [5.74, 6) is -0.0518. The molecule has 1 atom stereocenters. The first-order valence-corrected chi connectivity index (χ1v) is 12.8. The van der Waals surface area contributed by atoms with Crippen LogP contribution in [0.2, 0.25) is 0 Å². The molecule has 0 unspecified atom stereocenters. The second-order valence-corrected chi connectivity index (χ2v) is 10.5. The van der Waals surface area contributed by atoms with Crippen molar-refractivity contribution < 1.29 is 14.4 Å². The molecule has 2 N–H and O–H groups in total. The van der Waals surface area contributed by atoms with Gasteiger partial charge < -0.3 is 15.5 Å². The van der Waals surface area contributed by atoms with Crippen molar-refractivity contribution in [2.24, 2.45) is 5.41 Å². The molecular weight excluding hydrogens is 452 g/mol. The van der Waals surface area contributed by atoms with Gasteiger partial charge in [0.05, 0.1) is 16.8 Å². The van der Waals surface area contributed by atoms with Crippen molar-refractivity contribution >= 4 is 28.6 Å². The molecular formula is C29H30N4O3. The number of likely N-dealkylation sites (tertiary alicyclic amines) is 1. The maximum absolute atomic E-state index is 13.7. The first kappa shape index (κ1) is 22.7. The van der Waals surface area contributed by atoms with Crippen molar-refractivity contribution in [1.82, 2.24) is 20.5 Å². The van der Waals surface area contributed by atoms with Crippen molar-refractivity contribution in [3.8, 4) is 11.3 Å². The predicted octanol–water partition coefficient (Wildman–Crippen LogP) is 3.68. The molecule has 0 radical (unpaired) electrons. The van der Waals surface area contributed by atoms with Crippen LogP contribution < -0.4 is 10.6 Å². The van der Waals surface area contributed by atoms with Crippen molar-refractivity contribution in [2.75, 3.05) is 13.1 Å². The molecule has 7 nitrogen and oxygen atoms in total. The third kappa shape index (κ3) is 4.23. The molecule has 2 saturated heterocycles. The summed E-state index contributed by atoms with van der Waals surface area (Å²) >= 11 is 0. The normalized spacial score (nSPS) is 21.3. The fourth-order valence-electron chi connectivity index (χ4n) is 6.07. The Kier molecular flexibility index (Phi) is 5.70. The Balaban J connectivity index is 1.12. The molecule has 1 aromatic heterocycles. The van der Waals surface area contributed by atoms with Gasteiger partial charge in [-0.05, 0) is 49.7 Å². The van der Waals surface area contributed by atoms with E-state index in [9.17, 15) is 14.4 Å². The Morgan fingerprint density at radius 3 is 2.44 bits per heavy atom. The maximum atomic E-state index is 13.7. The topological polar surface area (TPSA) is 91.4 Å². The molecule has 3 heterocycles. The molecule has 3 aromatic rings. The number of para-hydroxylation sites is 1. The number of fused-ring (bicyclic) bond motifs is 1. The number of nitrogens with zero attached hydrogens (tertiary/aromatic N) is 2. The monoisotopic (exact) mass is 482 g/mol. The van der Waals surface area contributed by atoms with Crippen LogP contribution in [0, 0.1) is 5.41 Å². The highest BCUT2D eigenvalue weighted by molar-refractivity contribution is 6.07. The summed E-state index contributed by atoms with van der Waals surface area (Å²) in [5, 5.41) is 6.73. The predicted molar refractivity (Wildman–Crippen MR) is 137 cm³/mol. The number of hydrogen-bond acceptors (Lipinski definition) is 4.